The lowest BCUT2D eigenvalue weighted by molar-refractivity contribution is 0.0998. The van der Waals surface area contributed by atoms with Gasteiger partial charge in [-0.3, -0.25) is 4.79 Å². The Hall–Kier alpha value is -2.24. The molecule has 0 radical (unpaired) electrons. The number of nitrogen functional groups attached to an aromatic ring is 1. The first-order valence-electron chi connectivity index (χ1n) is 5.34. The first-order chi connectivity index (χ1) is 8.14. The van der Waals surface area contributed by atoms with E-state index in [0.717, 1.165) is 0 Å². The molecule has 2 amide bonds. The molecule has 6 heteroatoms. The Balaban J connectivity index is 3.50. The highest BCUT2D eigenvalue weighted by atomic mass is 16.5. The van der Waals surface area contributed by atoms with Gasteiger partial charge in [0.05, 0.1) is 5.69 Å². The highest BCUT2D eigenvalue weighted by molar-refractivity contribution is 5.97. The Labute approximate surface area is 105 Å². The molecular formula is C12H17N3O3. The summed E-state index contributed by atoms with van der Waals surface area (Å²) in [5, 5.41) is 0. The number of hydrogen-bond donors (Lipinski definition) is 3. The monoisotopic (exact) mass is 251 g/mol. The zero-order valence-corrected chi connectivity index (χ0v) is 10.6. The van der Waals surface area contributed by atoms with Crippen LogP contribution in [0, 0.1) is 0 Å². The molecule has 1 aromatic carbocycles. The average Bonchev–Trinajstić information content (AvgIpc) is 2.17. The number of anilines is 1. The van der Waals surface area contributed by atoms with E-state index in [0.29, 0.717) is 11.1 Å². The number of hydrogen-bond acceptors (Lipinski definition) is 4. The Morgan fingerprint density at radius 3 is 2.11 bits per heavy atom. The Morgan fingerprint density at radius 2 is 1.72 bits per heavy atom. The minimum Gasteiger partial charge on any atom is -0.408 e. The SMILES string of the molecule is CC(C)(C)c1c(C(N)=O)ccc(OC(N)=O)c1N. The van der Waals surface area contributed by atoms with E-state index in [9.17, 15) is 9.59 Å². The van der Waals surface area contributed by atoms with Crippen molar-refractivity contribution >= 4 is 17.7 Å². The van der Waals surface area contributed by atoms with Crippen LogP contribution in [0.25, 0.3) is 0 Å². The summed E-state index contributed by atoms with van der Waals surface area (Å²) in [4.78, 5) is 22.1. The fraction of sp³-hybridized carbons (Fsp3) is 0.333. The Morgan fingerprint density at radius 1 is 1.17 bits per heavy atom. The minimum absolute atomic E-state index is 0.123. The van der Waals surface area contributed by atoms with Gasteiger partial charge in [0.25, 0.3) is 0 Å². The highest BCUT2D eigenvalue weighted by Gasteiger charge is 2.26. The van der Waals surface area contributed by atoms with Gasteiger partial charge in [-0.15, -0.1) is 0 Å². The number of primary amides is 2. The quantitative estimate of drug-likeness (QED) is 0.682. The number of nitrogens with two attached hydrogens (primary N) is 3. The molecule has 0 aliphatic rings. The van der Waals surface area contributed by atoms with Crippen molar-refractivity contribution in [1.82, 2.24) is 0 Å². The van der Waals surface area contributed by atoms with E-state index in [1.807, 2.05) is 20.8 Å². The second-order valence-corrected chi connectivity index (χ2v) is 4.94. The van der Waals surface area contributed by atoms with Crippen LogP contribution in [-0.4, -0.2) is 12.0 Å². The van der Waals surface area contributed by atoms with Gasteiger partial charge in [-0.2, -0.15) is 0 Å². The van der Waals surface area contributed by atoms with Gasteiger partial charge in [0.15, 0.2) is 5.75 Å². The number of carbonyl (C=O) groups is 2. The van der Waals surface area contributed by atoms with E-state index >= 15 is 0 Å². The molecule has 98 valence electrons. The molecular weight excluding hydrogens is 234 g/mol. The summed E-state index contributed by atoms with van der Waals surface area (Å²) in [6.07, 6.45) is -0.964. The summed E-state index contributed by atoms with van der Waals surface area (Å²) < 4.78 is 4.78. The van der Waals surface area contributed by atoms with Crippen LogP contribution in [-0.2, 0) is 5.41 Å². The second kappa shape index (κ2) is 4.56. The summed E-state index contributed by atoms with van der Waals surface area (Å²) in [6, 6.07) is 2.87. The third-order valence-electron chi connectivity index (χ3n) is 2.43. The number of rotatable bonds is 2. The smallest absolute Gasteiger partial charge is 0.408 e. The van der Waals surface area contributed by atoms with Gasteiger partial charge in [0, 0.05) is 5.56 Å². The van der Waals surface area contributed by atoms with Crippen LogP contribution in [0.4, 0.5) is 10.5 Å². The molecule has 0 bridgehead atoms. The molecule has 0 heterocycles. The van der Waals surface area contributed by atoms with Gasteiger partial charge >= 0.3 is 6.09 Å². The lowest BCUT2D eigenvalue weighted by atomic mass is 9.82. The number of ether oxygens (including phenoxy) is 1. The van der Waals surface area contributed by atoms with Gasteiger partial charge in [-0.1, -0.05) is 20.8 Å². The predicted molar refractivity (Wildman–Crippen MR) is 68.3 cm³/mol. The van der Waals surface area contributed by atoms with Crippen molar-refractivity contribution in [2.75, 3.05) is 5.73 Å². The maximum atomic E-state index is 11.4. The van der Waals surface area contributed by atoms with Crippen molar-refractivity contribution in [3.05, 3.63) is 23.3 Å². The lowest BCUT2D eigenvalue weighted by Crippen LogP contribution is -2.24. The van der Waals surface area contributed by atoms with Gasteiger partial charge in [-0.25, -0.2) is 4.79 Å². The van der Waals surface area contributed by atoms with Crippen LogP contribution in [0.2, 0.25) is 0 Å². The van der Waals surface area contributed by atoms with Crippen LogP contribution in [0.3, 0.4) is 0 Å². The molecule has 0 aliphatic carbocycles. The molecule has 18 heavy (non-hydrogen) atoms. The molecule has 0 aromatic heterocycles. The average molecular weight is 251 g/mol. The predicted octanol–water partition coefficient (Wildman–Crippen LogP) is 1.12. The highest BCUT2D eigenvalue weighted by Crippen LogP contribution is 2.36. The zero-order valence-electron chi connectivity index (χ0n) is 10.6. The lowest BCUT2D eigenvalue weighted by Gasteiger charge is -2.24. The van der Waals surface area contributed by atoms with Gasteiger partial charge in [0.1, 0.15) is 0 Å². The maximum Gasteiger partial charge on any atom is 0.410 e. The molecule has 6 nitrogen and oxygen atoms in total. The van der Waals surface area contributed by atoms with Gasteiger partial charge in [-0.05, 0) is 23.1 Å². The number of benzene rings is 1. The minimum atomic E-state index is -0.964. The molecule has 6 N–H and O–H groups in total. The number of carbonyl (C=O) groups excluding carboxylic acids is 2. The fourth-order valence-corrected chi connectivity index (χ4v) is 1.81. The largest absolute Gasteiger partial charge is 0.410 e. The summed E-state index contributed by atoms with van der Waals surface area (Å²) in [7, 11) is 0. The summed E-state index contributed by atoms with van der Waals surface area (Å²) in [6.45, 7) is 5.62. The molecule has 0 spiro atoms. The summed E-state index contributed by atoms with van der Waals surface area (Å²) >= 11 is 0. The van der Waals surface area contributed by atoms with Crippen molar-refractivity contribution < 1.29 is 14.3 Å². The first kappa shape index (κ1) is 13.8. The molecule has 0 atom stereocenters. The van der Waals surface area contributed by atoms with E-state index in [1.54, 1.807) is 0 Å². The van der Waals surface area contributed by atoms with E-state index in [4.69, 9.17) is 21.9 Å². The van der Waals surface area contributed by atoms with Gasteiger partial charge in [0.2, 0.25) is 5.91 Å². The first-order valence-corrected chi connectivity index (χ1v) is 5.34. The van der Waals surface area contributed by atoms with Crippen molar-refractivity contribution in [2.24, 2.45) is 11.5 Å². The van der Waals surface area contributed by atoms with E-state index in [1.165, 1.54) is 12.1 Å². The molecule has 0 unspecified atom stereocenters. The topological polar surface area (TPSA) is 121 Å². The fourth-order valence-electron chi connectivity index (χ4n) is 1.81. The van der Waals surface area contributed by atoms with Crippen molar-refractivity contribution in [1.29, 1.82) is 0 Å². The summed E-state index contributed by atoms with van der Waals surface area (Å²) in [5.74, 6) is -0.463. The van der Waals surface area contributed by atoms with Gasteiger partial charge < -0.3 is 21.9 Å². The van der Waals surface area contributed by atoms with Crippen LogP contribution >= 0.6 is 0 Å². The molecule has 0 saturated carbocycles. The Bertz CT molecular complexity index is 504. The second-order valence-electron chi connectivity index (χ2n) is 4.94. The molecule has 0 fully saturated rings. The normalized spacial score (nSPS) is 11.1. The van der Waals surface area contributed by atoms with Crippen molar-refractivity contribution in [3.63, 3.8) is 0 Å². The number of amides is 2. The van der Waals surface area contributed by atoms with Crippen LogP contribution in [0.1, 0.15) is 36.7 Å². The Kier molecular flexibility index (Phi) is 3.50. The third kappa shape index (κ3) is 2.71. The zero-order chi connectivity index (χ0) is 14.1. The maximum absolute atomic E-state index is 11.4. The molecule has 0 saturated heterocycles. The standard InChI is InChI=1S/C12H17N3O3/c1-12(2,3)8-6(10(14)16)4-5-7(9(8)13)18-11(15)17/h4-5H,13H2,1-3H3,(H2,14,16)(H2,15,17). The van der Waals surface area contributed by atoms with E-state index < -0.39 is 17.4 Å². The van der Waals surface area contributed by atoms with Crippen molar-refractivity contribution in [2.45, 2.75) is 26.2 Å². The summed E-state index contributed by atoms with van der Waals surface area (Å²) in [5.41, 5.74) is 16.8. The van der Waals surface area contributed by atoms with E-state index in [-0.39, 0.29) is 11.4 Å². The molecule has 0 aliphatic heterocycles. The molecule has 1 aromatic rings. The van der Waals surface area contributed by atoms with Crippen LogP contribution < -0.4 is 21.9 Å². The third-order valence-corrected chi connectivity index (χ3v) is 2.43. The van der Waals surface area contributed by atoms with Crippen LogP contribution in [0.15, 0.2) is 12.1 Å². The van der Waals surface area contributed by atoms with E-state index in [2.05, 4.69) is 0 Å². The van der Waals surface area contributed by atoms with Crippen LogP contribution in [0.5, 0.6) is 5.75 Å². The molecule has 1 rings (SSSR count). The van der Waals surface area contributed by atoms with Crippen molar-refractivity contribution in [3.8, 4) is 5.75 Å².